The van der Waals surface area contributed by atoms with E-state index in [1.54, 1.807) is 0 Å². The van der Waals surface area contributed by atoms with Crippen molar-refractivity contribution in [2.24, 2.45) is 0 Å². The molecule has 1 aliphatic rings. The summed E-state index contributed by atoms with van der Waals surface area (Å²) in [6.07, 6.45) is 2.43. The van der Waals surface area contributed by atoms with Gasteiger partial charge in [0.2, 0.25) is 0 Å². The van der Waals surface area contributed by atoms with Gasteiger partial charge in [-0.15, -0.1) is 11.8 Å². The second kappa shape index (κ2) is 6.60. The Morgan fingerprint density at radius 2 is 2.00 bits per heavy atom. The topological polar surface area (TPSA) is 21.3 Å². The van der Waals surface area contributed by atoms with Crippen molar-refractivity contribution in [2.75, 3.05) is 32.6 Å². The van der Waals surface area contributed by atoms with Crippen LogP contribution in [0.25, 0.3) is 0 Å². The van der Waals surface area contributed by atoms with Crippen LogP contribution in [-0.4, -0.2) is 32.6 Å². The van der Waals surface area contributed by atoms with E-state index in [9.17, 15) is 0 Å². The van der Waals surface area contributed by atoms with Crippen molar-refractivity contribution in [3.63, 3.8) is 0 Å². The third-order valence-electron chi connectivity index (χ3n) is 3.62. The summed E-state index contributed by atoms with van der Waals surface area (Å²) in [5.74, 6) is 1.13. The Morgan fingerprint density at radius 3 is 2.50 bits per heavy atom. The molecule has 0 unspecified atom stereocenters. The molecule has 1 saturated heterocycles. The van der Waals surface area contributed by atoms with Gasteiger partial charge in [-0.3, -0.25) is 0 Å². The highest BCUT2D eigenvalue weighted by Crippen LogP contribution is 2.37. The Hall–Kier alpha value is -0.510. The Balaban J connectivity index is 2.02. The highest BCUT2D eigenvalue weighted by molar-refractivity contribution is 7.99. The van der Waals surface area contributed by atoms with Crippen molar-refractivity contribution < 1.29 is 4.74 Å². The quantitative estimate of drug-likeness (QED) is 0.605. The van der Waals surface area contributed by atoms with Crippen molar-refractivity contribution in [3.8, 4) is 0 Å². The van der Waals surface area contributed by atoms with Crippen LogP contribution in [0.15, 0.2) is 29.2 Å². The molecule has 0 radical (unpaired) electrons. The van der Waals surface area contributed by atoms with Crippen LogP contribution in [0.4, 0.5) is 0 Å². The Morgan fingerprint density at radius 1 is 1.28 bits per heavy atom. The van der Waals surface area contributed by atoms with Gasteiger partial charge in [-0.1, -0.05) is 19.1 Å². The van der Waals surface area contributed by atoms with E-state index in [1.165, 1.54) is 23.3 Å². The summed E-state index contributed by atoms with van der Waals surface area (Å²) in [7, 11) is 2.01. The van der Waals surface area contributed by atoms with Crippen LogP contribution in [0.1, 0.15) is 25.3 Å². The standard InChI is InChI=1S/C15H23NOS/c1-3-18-14-7-5-13(6-8-14)15(11-17-12-15)9-4-10-16-2/h5-8,16H,3-4,9-12H2,1-2H3. The summed E-state index contributed by atoms with van der Waals surface area (Å²) < 4.78 is 5.48. The first-order valence-electron chi connectivity index (χ1n) is 6.76. The van der Waals surface area contributed by atoms with Gasteiger partial charge < -0.3 is 10.1 Å². The zero-order chi connectivity index (χ0) is 12.8. The highest BCUT2D eigenvalue weighted by Gasteiger charge is 2.39. The predicted octanol–water partition coefficient (Wildman–Crippen LogP) is 3.07. The van der Waals surface area contributed by atoms with Crippen LogP contribution in [0.5, 0.6) is 0 Å². The van der Waals surface area contributed by atoms with E-state index >= 15 is 0 Å². The van der Waals surface area contributed by atoms with E-state index in [2.05, 4.69) is 36.5 Å². The Labute approximate surface area is 114 Å². The molecule has 3 heteroatoms. The average molecular weight is 265 g/mol. The molecule has 0 atom stereocenters. The van der Waals surface area contributed by atoms with Gasteiger partial charge in [-0.25, -0.2) is 0 Å². The average Bonchev–Trinajstić information content (AvgIpc) is 2.34. The van der Waals surface area contributed by atoms with Gasteiger partial charge in [0.15, 0.2) is 0 Å². The molecule has 100 valence electrons. The van der Waals surface area contributed by atoms with Gasteiger partial charge >= 0.3 is 0 Å². The first-order valence-corrected chi connectivity index (χ1v) is 7.75. The fourth-order valence-corrected chi connectivity index (χ4v) is 3.14. The molecule has 0 aliphatic carbocycles. The van der Waals surface area contributed by atoms with E-state index in [4.69, 9.17) is 4.74 Å². The maximum absolute atomic E-state index is 5.48. The van der Waals surface area contributed by atoms with Crippen molar-refractivity contribution in [3.05, 3.63) is 29.8 Å². The zero-order valence-corrected chi connectivity index (χ0v) is 12.2. The molecule has 0 amide bonds. The number of rotatable bonds is 7. The maximum atomic E-state index is 5.48. The molecule has 1 fully saturated rings. The molecule has 0 spiro atoms. The number of hydrogen-bond acceptors (Lipinski definition) is 3. The van der Waals surface area contributed by atoms with E-state index in [1.807, 2.05) is 18.8 Å². The Kier molecular flexibility index (Phi) is 5.10. The largest absolute Gasteiger partial charge is 0.379 e. The van der Waals surface area contributed by atoms with Gasteiger partial charge in [0.1, 0.15) is 0 Å². The molecule has 2 rings (SSSR count). The minimum atomic E-state index is 0.284. The lowest BCUT2D eigenvalue weighted by molar-refractivity contribution is -0.0650. The molecule has 1 aromatic carbocycles. The normalized spacial score (nSPS) is 17.4. The molecule has 1 heterocycles. The van der Waals surface area contributed by atoms with E-state index in [0.29, 0.717) is 0 Å². The Bertz CT molecular complexity index is 359. The van der Waals surface area contributed by atoms with Gasteiger partial charge in [0, 0.05) is 10.3 Å². The molecule has 0 bridgehead atoms. The number of nitrogens with one attached hydrogen (secondary N) is 1. The molecular weight excluding hydrogens is 242 g/mol. The van der Waals surface area contributed by atoms with Crippen LogP contribution < -0.4 is 5.32 Å². The first kappa shape index (κ1) is 13.9. The molecule has 1 aromatic rings. The van der Waals surface area contributed by atoms with Crippen molar-refractivity contribution in [1.29, 1.82) is 0 Å². The number of thioether (sulfide) groups is 1. The monoisotopic (exact) mass is 265 g/mol. The van der Waals surface area contributed by atoms with E-state index in [0.717, 1.165) is 25.5 Å². The van der Waals surface area contributed by atoms with E-state index < -0.39 is 0 Å². The van der Waals surface area contributed by atoms with Gasteiger partial charge in [0.05, 0.1) is 13.2 Å². The smallest absolute Gasteiger partial charge is 0.0585 e. The third kappa shape index (κ3) is 3.08. The zero-order valence-electron chi connectivity index (χ0n) is 11.4. The fourth-order valence-electron chi connectivity index (χ4n) is 2.48. The maximum Gasteiger partial charge on any atom is 0.0585 e. The molecule has 18 heavy (non-hydrogen) atoms. The lowest BCUT2D eigenvalue weighted by Gasteiger charge is -2.42. The van der Waals surface area contributed by atoms with Crippen LogP contribution in [-0.2, 0) is 10.2 Å². The van der Waals surface area contributed by atoms with Crippen LogP contribution in [0, 0.1) is 0 Å². The lowest BCUT2D eigenvalue weighted by Crippen LogP contribution is -2.47. The third-order valence-corrected chi connectivity index (χ3v) is 4.51. The summed E-state index contributed by atoms with van der Waals surface area (Å²) in [6, 6.07) is 9.09. The molecular formula is C15H23NOS. The van der Waals surface area contributed by atoms with E-state index in [-0.39, 0.29) is 5.41 Å². The number of hydrogen-bond donors (Lipinski definition) is 1. The van der Waals surface area contributed by atoms with Crippen LogP contribution in [0.3, 0.4) is 0 Å². The van der Waals surface area contributed by atoms with Crippen LogP contribution >= 0.6 is 11.8 Å². The molecule has 1 N–H and O–H groups in total. The van der Waals surface area contributed by atoms with Crippen molar-refractivity contribution in [2.45, 2.75) is 30.1 Å². The predicted molar refractivity (Wildman–Crippen MR) is 78.5 cm³/mol. The molecule has 0 saturated carbocycles. The van der Waals surface area contributed by atoms with Gasteiger partial charge in [-0.2, -0.15) is 0 Å². The summed E-state index contributed by atoms with van der Waals surface area (Å²) in [6.45, 7) is 5.05. The highest BCUT2D eigenvalue weighted by atomic mass is 32.2. The molecule has 2 nitrogen and oxygen atoms in total. The minimum Gasteiger partial charge on any atom is -0.379 e. The van der Waals surface area contributed by atoms with Crippen LogP contribution in [0.2, 0.25) is 0 Å². The summed E-state index contributed by atoms with van der Waals surface area (Å²) in [4.78, 5) is 1.37. The minimum absolute atomic E-state index is 0.284. The summed E-state index contributed by atoms with van der Waals surface area (Å²) in [5.41, 5.74) is 1.73. The van der Waals surface area contributed by atoms with Gasteiger partial charge in [0.25, 0.3) is 0 Å². The molecule has 1 aliphatic heterocycles. The summed E-state index contributed by atoms with van der Waals surface area (Å²) >= 11 is 1.90. The van der Waals surface area contributed by atoms with Crippen molar-refractivity contribution >= 4 is 11.8 Å². The second-order valence-corrected chi connectivity index (χ2v) is 6.28. The SMILES string of the molecule is CCSc1ccc(C2(CCCNC)COC2)cc1. The second-order valence-electron chi connectivity index (χ2n) is 4.94. The first-order chi connectivity index (χ1) is 8.80. The number of benzene rings is 1. The fraction of sp³-hybridized carbons (Fsp3) is 0.600. The summed E-state index contributed by atoms with van der Waals surface area (Å²) in [5, 5.41) is 3.22. The number of ether oxygens (including phenoxy) is 1. The lowest BCUT2D eigenvalue weighted by atomic mass is 9.75. The van der Waals surface area contributed by atoms with Crippen molar-refractivity contribution in [1.82, 2.24) is 5.32 Å². The molecule has 0 aromatic heterocycles. The van der Waals surface area contributed by atoms with Gasteiger partial charge in [-0.05, 0) is 49.9 Å².